The van der Waals surface area contributed by atoms with Crippen molar-refractivity contribution in [3.8, 4) is 0 Å². The summed E-state index contributed by atoms with van der Waals surface area (Å²) in [7, 11) is 3.27. The van der Waals surface area contributed by atoms with Gasteiger partial charge in [-0.3, -0.25) is 4.79 Å². The number of carbonyl (C=O) groups excluding carboxylic acids is 1. The summed E-state index contributed by atoms with van der Waals surface area (Å²) >= 11 is 1.45. The van der Waals surface area contributed by atoms with Gasteiger partial charge in [0, 0.05) is 12.8 Å². The number of carbonyl (C=O) groups is 1. The molecule has 1 aromatic heterocycles. The number of thioether (sulfide) groups is 1. The van der Waals surface area contributed by atoms with Crippen molar-refractivity contribution >= 4 is 17.7 Å². The molecule has 1 aromatic rings. The van der Waals surface area contributed by atoms with E-state index < -0.39 is 5.54 Å². The third-order valence-corrected chi connectivity index (χ3v) is 4.60. The SMILES string of the molecule is COC(=O)C(N)(CSc1nnc(C)n1C)C1CC1. The van der Waals surface area contributed by atoms with Crippen LogP contribution in [0.25, 0.3) is 0 Å². The van der Waals surface area contributed by atoms with E-state index in [0.717, 1.165) is 23.8 Å². The average Bonchev–Trinajstić information content (AvgIpc) is 3.16. The van der Waals surface area contributed by atoms with Gasteiger partial charge in [-0.05, 0) is 25.7 Å². The molecule has 1 atom stereocenters. The molecule has 1 fully saturated rings. The van der Waals surface area contributed by atoms with Gasteiger partial charge in [-0.1, -0.05) is 11.8 Å². The van der Waals surface area contributed by atoms with Gasteiger partial charge in [-0.15, -0.1) is 10.2 Å². The second-order valence-corrected chi connectivity index (χ2v) is 5.63. The van der Waals surface area contributed by atoms with E-state index in [2.05, 4.69) is 10.2 Å². The van der Waals surface area contributed by atoms with Crippen LogP contribution in [0.1, 0.15) is 18.7 Å². The van der Waals surface area contributed by atoms with Crippen LogP contribution in [0.3, 0.4) is 0 Å². The topological polar surface area (TPSA) is 83.0 Å². The first-order valence-corrected chi connectivity index (χ1v) is 6.83. The van der Waals surface area contributed by atoms with Crippen LogP contribution in [0.2, 0.25) is 0 Å². The summed E-state index contributed by atoms with van der Waals surface area (Å²) in [6, 6.07) is 0. The van der Waals surface area contributed by atoms with Gasteiger partial charge in [0.1, 0.15) is 11.4 Å². The normalized spacial score (nSPS) is 18.4. The van der Waals surface area contributed by atoms with Crippen LogP contribution < -0.4 is 5.73 Å². The monoisotopic (exact) mass is 270 g/mol. The Morgan fingerprint density at radius 2 is 2.28 bits per heavy atom. The summed E-state index contributed by atoms with van der Waals surface area (Å²) in [4.78, 5) is 11.8. The van der Waals surface area contributed by atoms with E-state index in [-0.39, 0.29) is 11.9 Å². The lowest BCUT2D eigenvalue weighted by Crippen LogP contribution is -2.53. The maximum atomic E-state index is 11.8. The van der Waals surface area contributed by atoms with E-state index >= 15 is 0 Å². The second kappa shape index (κ2) is 4.89. The Morgan fingerprint density at radius 1 is 1.61 bits per heavy atom. The Balaban J connectivity index is 2.06. The van der Waals surface area contributed by atoms with Gasteiger partial charge in [0.05, 0.1) is 7.11 Å². The van der Waals surface area contributed by atoms with Crippen LogP contribution in [0.15, 0.2) is 5.16 Å². The third-order valence-electron chi connectivity index (χ3n) is 3.36. The molecular weight excluding hydrogens is 252 g/mol. The molecule has 2 rings (SSSR count). The van der Waals surface area contributed by atoms with Gasteiger partial charge in [0.2, 0.25) is 0 Å². The highest BCUT2D eigenvalue weighted by molar-refractivity contribution is 7.99. The summed E-state index contributed by atoms with van der Waals surface area (Å²) in [5.74, 6) is 1.20. The predicted molar refractivity (Wildman–Crippen MR) is 68.1 cm³/mol. The number of hydrogen-bond donors (Lipinski definition) is 1. The maximum absolute atomic E-state index is 11.8. The number of esters is 1. The van der Waals surface area contributed by atoms with Crippen molar-refractivity contribution in [3.05, 3.63) is 5.82 Å². The lowest BCUT2D eigenvalue weighted by Gasteiger charge is -2.25. The lowest BCUT2D eigenvalue weighted by atomic mass is 9.97. The summed E-state index contributed by atoms with van der Waals surface area (Å²) in [6.45, 7) is 1.88. The lowest BCUT2D eigenvalue weighted by molar-refractivity contribution is -0.146. The van der Waals surface area contributed by atoms with Crippen molar-refractivity contribution in [1.82, 2.24) is 14.8 Å². The third kappa shape index (κ3) is 2.37. The molecule has 0 radical (unpaired) electrons. The molecule has 2 N–H and O–H groups in total. The highest BCUT2D eigenvalue weighted by atomic mass is 32.2. The molecule has 1 unspecified atom stereocenters. The number of rotatable bonds is 5. The number of methoxy groups -OCH3 is 1. The molecule has 0 saturated heterocycles. The maximum Gasteiger partial charge on any atom is 0.327 e. The van der Waals surface area contributed by atoms with Gasteiger partial charge in [-0.2, -0.15) is 0 Å². The van der Waals surface area contributed by atoms with Crippen molar-refractivity contribution < 1.29 is 9.53 Å². The van der Waals surface area contributed by atoms with E-state index in [1.165, 1.54) is 18.9 Å². The van der Waals surface area contributed by atoms with Crippen LogP contribution in [0.5, 0.6) is 0 Å². The van der Waals surface area contributed by atoms with E-state index in [9.17, 15) is 4.79 Å². The van der Waals surface area contributed by atoms with Gasteiger partial charge in [-0.25, -0.2) is 0 Å². The van der Waals surface area contributed by atoms with Crippen molar-refractivity contribution in [1.29, 1.82) is 0 Å². The molecule has 7 heteroatoms. The van der Waals surface area contributed by atoms with Crippen LogP contribution in [-0.4, -0.2) is 39.1 Å². The van der Waals surface area contributed by atoms with Gasteiger partial charge < -0.3 is 15.0 Å². The van der Waals surface area contributed by atoms with Gasteiger partial charge in [0.15, 0.2) is 5.16 Å². The predicted octanol–water partition coefficient (Wildman–Crippen LogP) is 0.496. The molecule has 0 spiro atoms. The van der Waals surface area contributed by atoms with Crippen molar-refractivity contribution in [2.45, 2.75) is 30.5 Å². The molecule has 1 saturated carbocycles. The Kier molecular flexibility index (Phi) is 3.63. The van der Waals surface area contributed by atoms with E-state index in [4.69, 9.17) is 10.5 Å². The fraction of sp³-hybridized carbons (Fsp3) is 0.727. The van der Waals surface area contributed by atoms with Crippen LogP contribution >= 0.6 is 11.8 Å². The molecule has 0 amide bonds. The molecule has 18 heavy (non-hydrogen) atoms. The Hall–Kier alpha value is -1.08. The number of nitrogens with zero attached hydrogens (tertiary/aromatic N) is 3. The van der Waals surface area contributed by atoms with E-state index in [0.29, 0.717) is 5.75 Å². The van der Waals surface area contributed by atoms with Crippen molar-refractivity contribution in [2.24, 2.45) is 18.7 Å². The van der Waals surface area contributed by atoms with Gasteiger partial charge >= 0.3 is 5.97 Å². The Morgan fingerprint density at radius 3 is 2.72 bits per heavy atom. The number of nitrogens with two attached hydrogens (primary N) is 1. The Bertz CT molecular complexity index is 458. The second-order valence-electron chi connectivity index (χ2n) is 4.68. The minimum atomic E-state index is -0.904. The largest absolute Gasteiger partial charge is 0.468 e. The number of hydrogen-bond acceptors (Lipinski definition) is 6. The van der Waals surface area contributed by atoms with Crippen LogP contribution in [-0.2, 0) is 16.6 Å². The zero-order valence-electron chi connectivity index (χ0n) is 10.8. The fourth-order valence-corrected chi connectivity index (χ4v) is 2.98. The first kappa shape index (κ1) is 13.4. The summed E-state index contributed by atoms with van der Waals surface area (Å²) in [6.07, 6.45) is 1.98. The zero-order valence-corrected chi connectivity index (χ0v) is 11.7. The van der Waals surface area contributed by atoms with Crippen molar-refractivity contribution in [2.75, 3.05) is 12.9 Å². The molecule has 1 aliphatic carbocycles. The minimum Gasteiger partial charge on any atom is -0.468 e. The number of aryl methyl sites for hydroxylation is 1. The average molecular weight is 270 g/mol. The summed E-state index contributed by atoms with van der Waals surface area (Å²) < 4.78 is 6.70. The standard InChI is InChI=1S/C11H18N4O2S/c1-7-13-14-10(15(7)2)18-6-11(12,8-4-5-8)9(16)17-3/h8H,4-6,12H2,1-3H3. The van der Waals surface area contributed by atoms with Crippen LogP contribution in [0, 0.1) is 12.8 Å². The highest BCUT2D eigenvalue weighted by Gasteiger charge is 2.49. The molecule has 1 heterocycles. The first-order valence-electron chi connectivity index (χ1n) is 5.85. The number of ether oxygens (including phenoxy) is 1. The van der Waals surface area contributed by atoms with E-state index in [1.807, 2.05) is 18.5 Å². The summed E-state index contributed by atoms with van der Waals surface area (Å²) in [5, 5.41) is 8.80. The fourth-order valence-electron chi connectivity index (χ4n) is 1.83. The number of aromatic nitrogens is 3. The molecular formula is C11H18N4O2S. The molecule has 6 nitrogen and oxygen atoms in total. The zero-order chi connectivity index (χ0) is 13.3. The quantitative estimate of drug-likeness (QED) is 0.619. The smallest absolute Gasteiger partial charge is 0.327 e. The first-order chi connectivity index (χ1) is 8.49. The molecule has 1 aliphatic rings. The Labute approximate surface area is 110 Å². The van der Waals surface area contributed by atoms with Crippen LogP contribution in [0.4, 0.5) is 0 Å². The molecule has 0 aromatic carbocycles. The molecule has 100 valence electrons. The highest BCUT2D eigenvalue weighted by Crippen LogP contribution is 2.41. The van der Waals surface area contributed by atoms with Gasteiger partial charge in [0.25, 0.3) is 0 Å². The minimum absolute atomic E-state index is 0.228. The summed E-state index contributed by atoms with van der Waals surface area (Å²) in [5.41, 5.74) is 5.31. The van der Waals surface area contributed by atoms with E-state index in [1.54, 1.807) is 0 Å². The molecule has 0 bridgehead atoms. The molecule has 0 aliphatic heterocycles. The van der Waals surface area contributed by atoms with Crippen molar-refractivity contribution in [3.63, 3.8) is 0 Å².